The molecule has 0 amide bonds. The summed E-state index contributed by atoms with van der Waals surface area (Å²) >= 11 is 0. The number of hydrogen-bond acceptors (Lipinski definition) is 1. The molecule has 12 rings (SSSR count). The van der Waals surface area contributed by atoms with E-state index in [1.54, 1.807) is 0 Å². The molecular weight excluding hydrogens is 717 g/mol. The van der Waals surface area contributed by atoms with Crippen molar-refractivity contribution in [1.82, 2.24) is 18.9 Å². The highest BCUT2D eigenvalue weighted by atomic mass is 15.3. The van der Waals surface area contributed by atoms with Crippen molar-refractivity contribution in [1.29, 1.82) is 0 Å². The van der Waals surface area contributed by atoms with E-state index in [1.165, 1.54) is 71.5 Å². The molecule has 59 heavy (non-hydrogen) atoms. The second kappa shape index (κ2) is 13.3. The largest absolute Gasteiger partial charge is 0.309 e. The molecule has 0 saturated heterocycles. The Morgan fingerprint density at radius 3 is 1.42 bits per heavy atom. The fraction of sp³-hybridized carbons (Fsp3) is 0. The van der Waals surface area contributed by atoms with Crippen LogP contribution in [0.5, 0.6) is 0 Å². The van der Waals surface area contributed by atoms with E-state index < -0.39 is 0 Å². The summed E-state index contributed by atoms with van der Waals surface area (Å²) in [5.74, 6) is 0. The van der Waals surface area contributed by atoms with E-state index in [-0.39, 0.29) is 0 Å². The standard InChI is InChI=1S/C55H36N4/c1-5-15-37(16-6-1)41-31-42(38-17-7-2-8-18-38)33-45(32-41)57-51-24-14-13-23-46(51)48-34-39(25-28-52(48)57)40-26-29-53-49(35-40)47-27-30-54-50(36-56-59(54)44-21-11-4-12-22-44)55(47)58(53)43-19-9-3-10-20-43/h1-36H. The summed E-state index contributed by atoms with van der Waals surface area (Å²) in [5.41, 5.74) is 16.2. The molecule has 0 aliphatic carbocycles. The summed E-state index contributed by atoms with van der Waals surface area (Å²) in [4.78, 5) is 0. The highest BCUT2D eigenvalue weighted by Gasteiger charge is 2.20. The van der Waals surface area contributed by atoms with Crippen molar-refractivity contribution >= 4 is 54.5 Å². The van der Waals surface area contributed by atoms with Gasteiger partial charge in [-0.15, -0.1) is 0 Å². The van der Waals surface area contributed by atoms with E-state index in [4.69, 9.17) is 5.10 Å². The zero-order valence-electron chi connectivity index (χ0n) is 32.1. The van der Waals surface area contributed by atoms with Crippen molar-refractivity contribution in [3.63, 3.8) is 0 Å². The Hall–Kier alpha value is -7.95. The number of aromatic nitrogens is 4. The van der Waals surface area contributed by atoms with Gasteiger partial charge in [0.2, 0.25) is 0 Å². The lowest BCUT2D eigenvalue weighted by atomic mass is 9.98. The molecule has 12 aromatic rings. The number of fused-ring (bicyclic) bond motifs is 8. The van der Waals surface area contributed by atoms with Crippen LogP contribution in [0.25, 0.3) is 105 Å². The lowest BCUT2D eigenvalue weighted by molar-refractivity contribution is 0.911. The third-order valence-corrected chi connectivity index (χ3v) is 11.9. The van der Waals surface area contributed by atoms with Gasteiger partial charge in [-0.1, -0.05) is 127 Å². The summed E-state index contributed by atoms with van der Waals surface area (Å²) < 4.78 is 6.88. The lowest BCUT2D eigenvalue weighted by Crippen LogP contribution is -1.96. The molecule has 4 heteroatoms. The van der Waals surface area contributed by atoms with Crippen LogP contribution >= 0.6 is 0 Å². The second-order valence-corrected chi connectivity index (χ2v) is 15.3. The Kier molecular flexibility index (Phi) is 7.50. The average Bonchev–Trinajstić information content (AvgIpc) is 4.00. The maximum atomic E-state index is 4.91. The van der Waals surface area contributed by atoms with E-state index in [0.717, 1.165) is 33.5 Å². The van der Waals surface area contributed by atoms with E-state index in [9.17, 15) is 0 Å². The smallest absolute Gasteiger partial charge is 0.0762 e. The van der Waals surface area contributed by atoms with Crippen molar-refractivity contribution in [3.05, 3.63) is 219 Å². The van der Waals surface area contributed by atoms with Crippen molar-refractivity contribution < 1.29 is 0 Å². The van der Waals surface area contributed by atoms with Gasteiger partial charge in [0, 0.05) is 38.3 Å². The summed E-state index contributed by atoms with van der Waals surface area (Å²) in [7, 11) is 0. The maximum absolute atomic E-state index is 4.91. The Morgan fingerprint density at radius 1 is 0.271 bits per heavy atom. The van der Waals surface area contributed by atoms with Gasteiger partial charge in [-0.25, -0.2) is 4.68 Å². The first-order chi connectivity index (χ1) is 29.3. The Bertz CT molecular complexity index is 3460. The van der Waals surface area contributed by atoms with Crippen molar-refractivity contribution in [2.45, 2.75) is 0 Å². The molecule has 0 radical (unpaired) electrons. The highest BCUT2D eigenvalue weighted by molar-refractivity contribution is 6.19. The van der Waals surface area contributed by atoms with Crippen molar-refractivity contribution in [2.24, 2.45) is 0 Å². The Morgan fingerprint density at radius 2 is 0.780 bits per heavy atom. The summed E-state index contributed by atoms with van der Waals surface area (Å²) in [6, 6.07) is 76.6. The Balaban J connectivity index is 1.05. The van der Waals surface area contributed by atoms with Crippen LogP contribution in [0.3, 0.4) is 0 Å². The van der Waals surface area contributed by atoms with Crippen molar-refractivity contribution in [2.75, 3.05) is 0 Å². The zero-order valence-corrected chi connectivity index (χ0v) is 32.1. The van der Waals surface area contributed by atoms with Gasteiger partial charge in [0.05, 0.1) is 39.5 Å². The number of rotatable bonds is 6. The van der Waals surface area contributed by atoms with Gasteiger partial charge in [0.1, 0.15) is 0 Å². The average molecular weight is 753 g/mol. The predicted octanol–water partition coefficient (Wildman–Crippen LogP) is 14.2. The van der Waals surface area contributed by atoms with Gasteiger partial charge >= 0.3 is 0 Å². The lowest BCUT2D eigenvalue weighted by Gasteiger charge is -2.14. The molecule has 9 aromatic carbocycles. The third kappa shape index (κ3) is 5.34. The molecule has 4 nitrogen and oxygen atoms in total. The molecule has 0 aliphatic rings. The first-order valence-electron chi connectivity index (χ1n) is 20.1. The quantitative estimate of drug-likeness (QED) is 0.166. The number of nitrogens with zero attached hydrogens (tertiary/aromatic N) is 4. The SMILES string of the molecule is c1ccc(-c2cc(-c3ccccc3)cc(-n3c4ccccc4c4cc(-c5ccc6c(c5)c5ccc7c(cnn7-c7ccccc7)c5n6-c5ccccc5)ccc43)c2)cc1. The topological polar surface area (TPSA) is 27.7 Å². The number of para-hydroxylation sites is 3. The minimum atomic E-state index is 1.05. The van der Waals surface area contributed by atoms with Crippen LogP contribution in [-0.4, -0.2) is 18.9 Å². The van der Waals surface area contributed by atoms with E-state index in [1.807, 2.05) is 16.9 Å². The van der Waals surface area contributed by atoms with E-state index in [2.05, 4.69) is 215 Å². The van der Waals surface area contributed by atoms with Gasteiger partial charge in [-0.3, -0.25) is 0 Å². The van der Waals surface area contributed by atoms with Crippen LogP contribution in [0.15, 0.2) is 219 Å². The molecule has 276 valence electrons. The first kappa shape index (κ1) is 33.2. The minimum absolute atomic E-state index is 1.05. The molecular formula is C55H36N4. The number of benzene rings is 9. The molecule has 0 N–H and O–H groups in total. The molecule has 0 saturated carbocycles. The van der Waals surface area contributed by atoms with Gasteiger partial charge in [-0.2, -0.15) is 5.10 Å². The molecule has 0 spiro atoms. The fourth-order valence-corrected chi connectivity index (χ4v) is 9.18. The number of hydrogen-bond donors (Lipinski definition) is 0. The summed E-state index contributed by atoms with van der Waals surface area (Å²) in [6.45, 7) is 0. The summed E-state index contributed by atoms with van der Waals surface area (Å²) in [6.07, 6.45) is 2.02. The fourth-order valence-electron chi connectivity index (χ4n) is 9.18. The van der Waals surface area contributed by atoms with Gasteiger partial charge in [0.15, 0.2) is 0 Å². The van der Waals surface area contributed by atoms with Crippen LogP contribution < -0.4 is 0 Å². The molecule has 0 fully saturated rings. The van der Waals surface area contributed by atoms with Crippen LogP contribution in [-0.2, 0) is 0 Å². The van der Waals surface area contributed by atoms with Crippen LogP contribution in [0.4, 0.5) is 0 Å². The molecule has 0 aliphatic heterocycles. The van der Waals surface area contributed by atoms with Crippen LogP contribution in [0.2, 0.25) is 0 Å². The van der Waals surface area contributed by atoms with Gasteiger partial charge < -0.3 is 9.13 Å². The van der Waals surface area contributed by atoms with Gasteiger partial charge in [-0.05, 0) is 118 Å². The van der Waals surface area contributed by atoms with Gasteiger partial charge in [0.25, 0.3) is 0 Å². The molecule has 0 unspecified atom stereocenters. The molecule has 3 aromatic heterocycles. The molecule has 3 heterocycles. The maximum Gasteiger partial charge on any atom is 0.0762 e. The van der Waals surface area contributed by atoms with E-state index in [0.29, 0.717) is 0 Å². The van der Waals surface area contributed by atoms with Crippen molar-refractivity contribution in [3.8, 4) is 50.4 Å². The molecule has 0 bridgehead atoms. The Labute approximate surface area is 341 Å². The predicted molar refractivity (Wildman–Crippen MR) is 246 cm³/mol. The van der Waals surface area contributed by atoms with Crippen LogP contribution in [0.1, 0.15) is 0 Å². The highest BCUT2D eigenvalue weighted by Crippen LogP contribution is 2.41. The summed E-state index contributed by atoms with van der Waals surface area (Å²) in [5, 5.41) is 10.9. The monoisotopic (exact) mass is 752 g/mol. The van der Waals surface area contributed by atoms with Crippen LogP contribution in [0, 0.1) is 0 Å². The second-order valence-electron chi connectivity index (χ2n) is 15.3. The normalized spacial score (nSPS) is 11.7. The molecule has 0 atom stereocenters. The third-order valence-electron chi connectivity index (χ3n) is 11.9. The first-order valence-corrected chi connectivity index (χ1v) is 20.1. The van der Waals surface area contributed by atoms with E-state index >= 15 is 0 Å². The zero-order chi connectivity index (χ0) is 38.9. The minimum Gasteiger partial charge on any atom is -0.309 e.